The molecule has 2 aromatic carbocycles. The van der Waals surface area contributed by atoms with Gasteiger partial charge in [-0.15, -0.1) is 0 Å². The lowest BCUT2D eigenvalue weighted by Gasteiger charge is -2.16. The smallest absolute Gasteiger partial charge is 0.338 e. The maximum absolute atomic E-state index is 11.5. The van der Waals surface area contributed by atoms with Crippen molar-refractivity contribution in [1.29, 1.82) is 0 Å². The first-order chi connectivity index (χ1) is 9.33. The van der Waals surface area contributed by atoms with Gasteiger partial charge in [-0.3, -0.25) is 0 Å². The predicted molar refractivity (Wildman–Crippen MR) is 71.2 cm³/mol. The molecule has 3 heteroatoms. The second-order valence-electron chi connectivity index (χ2n) is 4.48. The number of ether oxygens (including phenoxy) is 2. The Labute approximate surface area is 111 Å². The van der Waals surface area contributed by atoms with Crippen LogP contribution in [0, 0.1) is 0 Å². The van der Waals surface area contributed by atoms with Crippen molar-refractivity contribution in [2.75, 3.05) is 6.61 Å². The zero-order valence-electron chi connectivity index (χ0n) is 10.5. The molecule has 0 amide bonds. The first kappa shape index (κ1) is 11.8. The van der Waals surface area contributed by atoms with Gasteiger partial charge in [0.2, 0.25) is 0 Å². The van der Waals surface area contributed by atoms with E-state index in [9.17, 15) is 4.79 Å². The van der Waals surface area contributed by atoms with Crippen molar-refractivity contribution in [2.24, 2.45) is 0 Å². The van der Waals surface area contributed by atoms with Gasteiger partial charge in [0.1, 0.15) is 12.4 Å². The average molecular weight is 254 g/mol. The van der Waals surface area contributed by atoms with Gasteiger partial charge in [0.15, 0.2) is 0 Å². The van der Waals surface area contributed by atoms with E-state index in [4.69, 9.17) is 9.47 Å². The third-order valence-corrected chi connectivity index (χ3v) is 3.15. The van der Waals surface area contributed by atoms with Gasteiger partial charge in [-0.1, -0.05) is 30.3 Å². The van der Waals surface area contributed by atoms with E-state index in [1.54, 1.807) is 6.07 Å². The number of hydrogen-bond acceptors (Lipinski definition) is 3. The molecule has 0 bridgehead atoms. The molecule has 1 aliphatic rings. The van der Waals surface area contributed by atoms with E-state index in [1.165, 1.54) is 0 Å². The third kappa shape index (κ3) is 2.60. The van der Waals surface area contributed by atoms with Crippen molar-refractivity contribution in [3.05, 3.63) is 65.2 Å². The summed E-state index contributed by atoms with van der Waals surface area (Å²) in [5, 5.41) is 0. The molecule has 0 aliphatic carbocycles. The standard InChI is InChI=1S/C16H14O3/c17-16-15-7-6-14(10-13(15)8-9-18-16)19-11-12-4-2-1-3-5-12/h1-7,10H,8-9,11H2. The fourth-order valence-corrected chi connectivity index (χ4v) is 2.14. The summed E-state index contributed by atoms with van der Waals surface area (Å²) in [4.78, 5) is 11.5. The molecule has 0 radical (unpaired) electrons. The Bertz CT molecular complexity index is 590. The van der Waals surface area contributed by atoms with Crippen molar-refractivity contribution >= 4 is 5.97 Å². The molecule has 0 spiro atoms. The van der Waals surface area contributed by atoms with Gasteiger partial charge in [0.05, 0.1) is 12.2 Å². The van der Waals surface area contributed by atoms with Gasteiger partial charge >= 0.3 is 5.97 Å². The highest BCUT2D eigenvalue weighted by molar-refractivity contribution is 5.92. The van der Waals surface area contributed by atoms with Gasteiger partial charge in [-0.2, -0.15) is 0 Å². The van der Waals surface area contributed by atoms with Crippen molar-refractivity contribution in [1.82, 2.24) is 0 Å². The second kappa shape index (κ2) is 5.14. The van der Waals surface area contributed by atoms with Crippen molar-refractivity contribution in [3.8, 4) is 5.75 Å². The number of esters is 1. The molecule has 0 N–H and O–H groups in total. The van der Waals surface area contributed by atoms with Crippen molar-refractivity contribution in [3.63, 3.8) is 0 Å². The van der Waals surface area contributed by atoms with Crippen LogP contribution in [0.2, 0.25) is 0 Å². The molecule has 0 saturated carbocycles. The fraction of sp³-hybridized carbons (Fsp3) is 0.188. The maximum Gasteiger partial charge on any atom is 0.338 e. The number of hydrogen-bond donors (Lipinski definition) is 0. The highest BCUT2D eigenvalue weighted by atomic mass is 16.5. The van der Waals surface area contributed by atoms with Gasteiger partial charge < -0.3 is 9.47 Å². The summed E-state index contributed by atoms with van der Waals surface area (Å²) >= 11 is 0. The largest absolute Gasteiger partial charge is 0.489 e. The summed E-state index contributed by atoms with van der Waals surface area (Å²) in [7, 11) is 0. The topological polar surface area (TPSA) is 35.5 Å². The first-order valence-electron chi connectivity index (χ1n) is 6.30. The Hall–Kier alpha value is -2.29. The highest BCUT2D eigenvalue weighted by Crippen LogP contribution is 2.23. The van der Waals surface area contributed by atoms with Gasteiger partial charge in [-0.05, 0) is 29.3 Å². The van der Waals surface area contributed by atoms with Crippen LogP contribution >= 0.6 is 0 Å². The van der Waals surface area contributed by atoms with E-state index in [0.717, 1.165) is 23.3 Å². The van der Waals surface area contributed by atoms with Gasteiger partial charge in [-0.25, -0.2) is 4.79 Å². The zero-order chi connectivity index (χ0) is 13.1. The van der Waals surface area contributed by atoms with E-state index in [0.29, 0.717) is 18.8 Å². The van der Waals surface area contributed by atoms with Crippen molar-refractivity contribution in [2.45, 2.75) is 13.0 Å². The number of cyclic esters (lactones) is 1. The quantitative estimate of drug-likeness (QED) is 0.790. The molecule has 0 atom stereocenters. The van der Waals surface area contributed by atoms with Gasteiger partial charge in [0, 0.05) is 6.42 Å². The molecule has 0 unspecified atom stereocenters. The minimum absolute atomic E-state index is 0.240. The minimum Gasteiger partial charge on any atom is -0.489 e. The molecule has 0 aromatic heterocycles. The SMILES string of the molecule is O=C1OCCc2cc(OCc3ccccc3)ccc21. The van der Waals surface area contributed by atoms with Crippen LogP contribution in [0.4, 0.5) is 0 Å². The monoisotopic (exact) mass is 254 g/mol. The zero-order valence-corrected chi connectivity index (χ0v) is 10.5. The molecule has 0 saturated heterocycles. The normalized spacial score (nSPS) is 13.6. The molecule has 0 fully saturated rings. The molecule has 1 aliphatic heterocycles. The van der Waals surface area contributed by atoms with E-state index < -0.39 is 0 Å². The molecule has 2 aromatic rings. The predicted octanol–water partition coefficient (Wildman–Crippen LogP) is 2.98. The van der Waals surface area contributed by atoms with Crippen molar-refractivity contribution < 1.29 is 14.3 Å². The van der Waals surface area contributed by atoms with Gasteiger partial charge in [0.25, 0.3) is 0 Å². The lowest BCUT2D eigenvalue weighted by atomic mass is 10.0. The number of benzene rings is 2. The van der Waals surface area contributed by atoms with Crippen LogP contribution in [0.25, 0.3) is 0 Å². The molecule has 96 valence electrons. The second-order valence-corrected chi connectivity index (χ2v) is 4.48. The molecule has 19 heavy (non-hydrogen) atoms. The van der Waals surface area contributed by atoms with Crippen LogP contribution in [0.3, 0.4) is 0 Å². The minimum atomic E-state index is -0.240. The van der Waals surface area contributed by atoms with Crippen LogP contribution in [0.5, 0.6) is 5.75 Å². The van der Waals surface area contributed by atoms with E-state index in [1.807, 2.05) is 42.5 Å². The Kier molecular flexibility index (Phi) is 3.19. The van der Waals surface area contributed by atoms with Crippen LogP contribution in [-0.2, 0) is 17.8 Å². The number of fused-ring (bicyclic) bond motifs is 1. The Morgan fingerprint density at radius 3 is 2.79 bits per heavy atom. The summed E-state index contributed by atoms with van der Waals surface area (Å²) in [6, 6.07) is 15.5. The molecule has 3 nitrogen and oxygen atoms in total. The summed E-state index contributed by atoms with van der Waals surface area (Å²) in [5.41, 5.74) is 2.78. The van der Waals surface area contributed by atoms with E-state index in [-0.39, 0.29) is 5.97 Å². The Morgan fingerprint density at radius 2 is 1.95 bits per heavy atom. The van der Waals surface area contributed by atoms with Crippen LogP contribution < -0.4 is 4.74 Å². The lowest BCUT2D eigenvalue weighted by molar-refractivity contribution is 0.0480. The van der Waals surface area contributed by atoms with E-state index >= 15 is 0 Å². The van der Waals surface area contributed by atoms with Crippen LogP contribution in [0.15, 0.2) is 48.5 Å². The Balaban J connectivity index is 1.74. The maximum atomic E-state index is 11.5. The Morgan fingerprint density at radius 1 is 1.11 bits per heavy atom. The summed E-state index contributed by atoms with van der Waals surface area (Å²) in [6.45, 7) is 0.984. The van der Waals surface area contributed by atoms with Crippen LogP contribution in [0.1, 0.15) is 21.5 Å². The third-order valence-electron chi connectivity index (χ3n) is 3.15. The number of rotatable bonds is 3. The lowest BCUT2D eigenvalue weighted by Crippen LogP contribution is -2.17. The first-order valence-corrected chi connectivity index (χ1v) is 6.30. The molecule has 3 rings (SSSR count). The highest BCUT2D eigenvalue weighted by Gasteiger charge is 2.18. The summed E-state index contributed by atoms with van der Waals surface area (Å²) in [5.74, 6) is 0.549. The molecular weight excluding hydrogens is 240 g/mol. The van der Waals surface area contributed by atoms with E-state index in [2.05, 4.69) is 0 Å². The van der Waals surface area contributed by atoms with Crippen LogP contribution in [-0.4, -0.2) is 12.6 Å². The fourth-order valence-electron chi connectivity index (χ4n) is 2.14. The summed E-state index contributed by atoms with van der Waals surface area (Å²) < 4.78 is 10.7. The molecular formula is C16H14O3. The molecule has 1 heterocycles. The summed E-state index contributed by atoms with van der Waals surface area (Å²) in [6.07, 6.45) is 0.754. The average Bonchev–Trinajstić information content (AvgIpc) is 2.46. The number of carbonyl (C=O) groups is 1. The number of carbonyl (C=O) groups excluding carboxylic acids is 1.